The van der Waals surface area contributed by atoms with Crippen LogP contribution in [-0.2, 0) is 9.59 Å². The van der Waals surface area contributed by atoms with Crippen molar-refractivity contribution in [2.45, 2.75) is 44.2 Å². The first-order chi connectivity index (χ1) is 14.9. The van der Waals surface area contributed by atoms with E-state index in [0.717, 1.165) is 11.8 Å². The van der Waals surface area contributed by atoms with Gasteiger partial charge in [-0.1, -0.05) is 18.6 Å². The summed E-state index contributed by atoms with van der Waals surface area (Å²) in [5.41, 5.74) is 6.33. The average molecular weight is 428 g/mol. The number of fused-ring (bicyclic) bond motifs is 1. The zero-order valence-corrected chi connectivity index (χ0v) is 17.5. The second-order valence-corrected chi connectivity index (χ2v) is 7.67. The first-order valence-corrected chi connectivity index (χ1v) is 10.4. The molecule has 0 bridgehead atoms. The highest BCUT2D eigenvalue weighted by Gasteiger charge is 2.35. The normalized spacial score (nSPS) is 19.0. The molecule has 0 radical (unpaired) electrons. The topological polar surface area (TPSA) is 144 Å². The van der Waals surface area contributed by atoms with Gasteiger partial charge < -0.3 is 26.2 Å². The summed E-state index contributed by atoms with van der Waals surface area (Å²) in [7, 11) is 1.52. The Morgan fingerprint density at radius 1 is 1.29 bits per heavy atom. The van der Waals surface area contributed by atoms with Gasteiger partial charge >= 0.3 is 5.97 Å². The molecule has 1 saturated carbocycles. The summed E-state index contributed by atoms with van der Waals surface area (Å²) in [6.45, 7) is 0.364. The fourth-order valence-corrected chi connectivity index (χ4v) is 3.96. The lowest BCUT2D eigenvalue weighted by atomic mass is 10.0. The summed E-state index contributed by atoms with van der Waals surface area (Å²) in [6.07, 6.45) is 2.73. The van der Waals surface area contributed by atoms with Gasteiger partial charge in [0.15, 0.2) is 0 Å². The van der Waals surface area contributed by atoms with Gasteiger partial charge in [-0.2, -0.15) is 0 Å². The minimum absolute atomic E-state index is 0.130. The van der Waals surface area contributed by atoms with E-state index in [1.807, 2.05) is 18.2 Å². The second-order valence-electron chi connectivity index (χ2n) is 7.67. The molecule has 3 rings (SSSR count). The van der Waals surface area contributed by atoms with E-state index in [2.05, 4.69) is 15.6 Å². The van der Waals surface area contributed by atoms with Crippen LogP contribution in [0.4, 0.5) is 0 Å². The van der Waals surface area contributed by atoms with E-state index in [4.69, 9.17) is 10.5 Å². The Morgan fingerprint density at radius 3 is 2.77 bits per heavy atom. The van der Waals surface area contributed by atoms with Crippen molar-refractivity contribution in [2.24, 2.45) is 11.7 Å². The zero-order valence-electron chi connectivity index (χ0n) is 17.5. The molecule has 0 saturated heterocycles. The number of rotatable bonds is 9. The van der Waals surface area contributed by atoms with E-state index < -0.39 is 35.8 Å². The van der Waals surface area contributed by atoms with E-state index >= 15 is 0 Å². The molecule has 1 aromatic carbocycles. The molecule has 1 aliphatic rings. The number of carboxylic acid groups (broad SMARTS) is 1. The molecule has 31 heavy (non-hydrogen) atoms. The number of carbonyl (C=O) groups is 3. The highest BCUT2D eigenvalue weighted by molar-refractivity contribution is 5.99. The van der Waals surface area contributed by atoms with Crippen molar-refractivity contribution < 1.29 is 24.2 Å². The SMILES string of the molecule is COc1cc(C(=O)N[C@@H](CCCN)C(=O)N[C@H]2CCC[C@H]2C(=O)O)nc2ccccc12. The fourth-order valence-electron chi connectivity index (χ4n) is 3.96. The molecule has 1 aliphatic carbocycles. The smallest absolute Gasteiger partial charge is 0.308 e. The van der Waals surface area contributed by atoms with Crippen LogP contribution in [0.25, 0.3) is 10.9 Å². The molecule has 1 fully saturated rings. The predicted molar refractivity (Wildman–Crippen MR) is 115 cm³/mol. The third kappa shape index (κ3) is 5.29. The Labute approximate surface area is 180 Å². The highest BCUT2D eigenvalue weighted by atomic mass is 16.5. The van der Waals surface area contributed by atoms with Crippen LogP contribution in [0, 0.1) is 5.92 Å². The third-order valence-corrected chi connectivity index (χ3v) is 5.61. The van der Waals surface area contributed by atoms with Crippen LogP contribution in [0.2, 0.25) is 0 Å². The number of aliphatic carboxylic acids is 1. The zero-order chi connectivity index (χ0) is 22.4. The summed E-state index contributed by atoms with van der Waals surface area (Å²) >= 11 is 0. The predicted octanol–water partition coefficient (Wildman–Crippen LogP) is 1.45. The molecule has 166 valence electrons. The molecule has 0 unspecified atom stereocenters. The number of carboxylic acids is 1. The summed E-state index contributed by atoms with van der Waals surface area (Å²) in [5, 5.41) is 15.7. The quantitative estimate of drug-likeness (QED) is 0.473. The molecular weight excluding hydrogens is 400 g/mol. The number of aromatic nitrogens is 1. The maximum Gasteiger partial charge on any atom is 0.308 e. The number of ether oxygens (including phenoxy) is 1. The molecular formula is C22H28N4O5. The maximum absolute atomic E-state index is 12.9. The Hall–Kier alpha value is -3.20. The van der Waals surface area contributed by atoms with Gasteiger partial charge in [0.05, 0.1) is 18.5 Å². The Bertz CT molecular complexity index is 964. The first-order valence-electron chi connectivity index (χ1n) is 10.4. The molecule has 1 heterocycles. The Kier molecular flexibility index (Phi) is 7.41. The Morgan fingerprint density at radius 2 is 2.06 bits per heavy atom. The summed E-state index contributed by atoms with van der Waals surface area (Å²) in [6, 6.07) is 7.54. The van der Waals surface area contributed by atoms with E-state index in [9.17, 15) is 19.5 Å². The number of pyridine rings is 1. The Balaban J connectivity index is 1.77. The number of para-hydroxylation sites is 1. The average Bonchev–Trinajstić information content (AvgIpc) is 3.23. The van der Waals surface area contributed by atoms with Crippen molar-refractivity contribution in [2.75, 3.05) is 13.7 Å². The van der Waals surface area contributed by atoms with Crippen molar-refractivity contribution in [3.63, 3.8) is 0 Å². The van der Waals surface area contributed by atoms with Gasteiger partial charge in [0.1, 0.15) is 17.5 Å². The lowest BCUT2D eigenvalue weighted by Crippen LogP contribution is -2.51. The van der Waals surface area contributed by atoms with Gasteiger partial charge in [-0.15, -0.1) is 0 Å². The van der Waals surface area contributed by atoms with Crippen LogP contribution >= 0.6 is 0 Å². The van der Waals surface area contributed by atoms with Gasteiger partial charge in [-0.3, -0.25) is 14.4 Å². The van der Waals surface area contributed by atoms with E-state index in [0.29, 0.717) is 43.5 Å². The molecule has 1 aromatic heterocycles. The van der Waals surface area contributed by atoms with Crippen molar-refractivity contribution in [1.29, 1.82) is 0 Å². The standard InChI is InChI=1S/C22H28N4O5/c1-31-19-12-18(24-15-8-3-2-6-13(15)19)21(28)26-17(10-5-11-23)20(27)25-16-9-4-7-14(16)22(29)30/h2-3,6,8,12,14,16-17H,4-5,7,9-11,23H2,1H3,(H,25,27)(H,26,28)(H,29,30)/t14-,16+,17+/m1/s1. The van der Waals surface area contributed by atoms with Gasteiger partial charge in [-0.25, -0.2) is 4.98 Å². The van der Waals surface area contributed by atoms with Crippen LogP contribution in [-0.4, -0.2) is 53.6 Å². The minimum atomic E-state index is -0.919. The van der Waals surface area contributed by atoms with Crippen molar-refractivity contribution in [1.82, 2.24) is 15.6 Å². The van der Waals surface area contributed by atoms with Gasteiger partial charge in [-0.05, 0) is 44.4 Å². The number of nitrogens with zero attached hydrogens (tertiary/aromatic N) is 1. The second kappa shape index (κ2) is 10.2. The van der Waals surface area contributed by atoms with Crippen molar-refractivity contribution in [3.05, 3.63) is 36.0 Å². The molecule has 3 atom stereocenters. The van der Waals surface area contributed by atoms with E-state index in [1.165, 1.54) is 13.2 Å². The summed E-state index contributed by atoms with van der Waals surface area (Å²) < 4.78 is 5.39. The van der Waals surface area contributed by atoms with Gasteiger partial charge in [0.25, 0.3) is 5.91 Å². The van der Waals surface area contributed by atoms with E-state index in [1.54, 1.807) is 6.07 Å². The van der Waals surface area contributed by atoms with Crippen molar-refractivity contribution >= 4 is 28.7 Å². The molecule has 9 heteroatoms. The fraction of sp³-hybridized carbons (Fsp3) is 0.455. The molecule has 2 aromatic rings. The molecule has 5 N–H and O–H groups in total. The van der Waals surface area contributed by atoms with E-state index in [-0.39, 0.29) is 5.69 Å². The molecule has 2 amide bonds. The number of nitrogens with one attached hydrogen (secondary N) is 2. The summed E-state index contributed by atoms with van der Waals surface area (Å²) in [5.74, 6) is -1.94. The van der Waals surface area contributed by atoms with Crippen LogP contribution in [0.3, 0.4) is 0 Å². The number of hydrogen-bond acceptors (Lipinski definition) is 6. The maximum atomic E-state index is 12.9. The number of carbonyl (C=O) groups excluding carboxylic acids is 2. The monoisotopic (exact) mass is 428 g/mol. The lowest BCUT2D eigenvalue weighted by Gasteiger charge is -2.23. The number of hydrogen-bond donors (Lipinski definition) is 4. The lowest BCUT2D eigenvalue weighted by molar-refractivity contribution is -0.142. The third-order valence-electron chi connectivity index (χ3n) is 5.61. The molecule has 0 spiro atoms. The van der Waals surface area contributed by atoms with Crippen molar-refractivity contribution in [3.8, 4) is 5.75 Å². The largest absolute Gasteiger partial charge is 0.496 e. The van der Waals surface area contributed by atoms with Crippen LogP contribution in [0.5, 0.6) is 5.75 Å². The minimum Gasteiger partial charge on any atom is -0.496 e. The van der Waals surface area contributed by atoms with Crippen LogP contribution in [0.1, 0.15) is 42.6 Å². The number of nitrogens with two attached hydrogens (primary N) is 1. The number of amides is 2. The highest BCUT2D eigenvalue weighted by Crippen LogP contribution is 2.26. The summed E-state index contributed by atoms with van der Waals surface area (Å²) in [4.78, 5) is 41.6. The number of benzene rings is 1. The molecule has 0 aliphatic heterocycles. The van der Waals surface area contributed by atoms with Crippen LogP contribution < -0.4 is 21.1 Å². The van der Waals surface area contributed by atoms with Gasteiger partial charge in [0.2, 0.25) is 5.91 Å². The molecule has 9 nitrogen and oxygen atoms in total. The van der Waals surface area contributed by atoms with Crippen LogP contribution in [0.15, 0.2) is 30.3 Å². The number of methoxy groups -OCH3 is 1. The van der Waals surface area contributed by atoms with Gasteiger partial charge in [0, 0.05) is 17.5 Å². The first kappa shape index (κ1) is 22.5.